The molecule has 9 nitrogen and oxygen atoms in total. The van der Waals surface area contributed by atoms with Crippen molar-refractivity contribution in [1.82, 2.24) is 30.0 Å². The van der Waals surface area contributed by atoms with E-state index in [9.17, 15) is 9.59 Å². The predicted octanol–water partition coefficient (Wildman–Crippen LogP) is 4.72. The minimum absolute atomic E-state index is 0.109. The number of para-hydroxylation sites is 1. The first-order chi connectivity index (χ1) is 20.1. The van der Waals surface area contributed by atoms with Crippen molar-refractivity contribution in [3.8, 4) is 22.7 Å². The second kappa shape index (κ2) is 13.1. The topological polar surface area (TPSA) is 103 Å². The van der Waals surface area contributed by atoms with Gasteiger partial charge in [-0.05, 0) is 48.9 Å². The first-order valence-corrected chi connectivity index (χ1v) is 13.2. The van der Waals surface area contributed by atoms with E-state index in [-0.39, 0.29) is 5.70 Å². The van der Waals surface area contributed by atoms with E-state index in [0.29, 0.717) is 42.1 Å². The number of aryl methyl sites for hydroxylation is 1. The summed E-state index contributed by atoms with van der Waals surface area (Å²) in [5, 5.41) is 10.6. The number of hydrogen-bond donors (Lipinski definition) is 2. The van der Waals surface area contributed by atoms with Gasteiger partial charge >= 0.3 is 0 Å². The number of carbonyl (C=O) groups excluding carboxylic acids is 2. The Morgan fingerprint density at radius 2 is 1.68 bits per heavy atom. The molecule has 2 aromatic heterocycles. The van der Waals surface area contributed by atoms with Gasteiger partial charge in [-0.3, -0.25) is 9.59 Å². The van der Waals surface area contributed by atoms with E-state index in [1.54, 1.807) is 54.7 Å². The van der Waals surface area contributed by atoms with Gasteiger partial charge < -0.3 is 19.9 Å². The highest BCUT2D eigenvalue weighted by molar-refractivity contribution is 6.05. The fourth-order valence-corrected chi connectivity index (χ4v) is 4.25. The lowest BCUT2D eigenvalue weighted by Crippen LogP contribution is -2.35. The van der Waals surface area contributed by atoms with Crippen LogP contribution in [0.25, 0.3) is 23.0 Å². The number of imidazole rings is 1. The van der Waals surface area contributed by atoms with Crippen LogP contribution in [0.1, 0.15) is 22.3 Å². The van der Waals surface area contributed by atoms with Gasteiger partial charge in [0.25, 0.3) is 11.8 Å². The molecule has 0 aliphatic carbocycles. The summed E-state index contributed by atoms with van der Waals surface area (Å²) in [6.45, 7) is 1.13. The van der Waals surface area contributed by atoms with Crippen LogP contribution in [0.15, 0.2) is 116 Å². The number of rotatable bonds is 11. The normalized spacial score (nSPS) is 11.2. The standard InChI is InChI=1S/C32H30N6O3/c1-41-28-15-13-25(14-16-28)31(39)35-29(32(40)34-17-8-19-37-20-18-33-23-37)21-26-22-38(27-11-6-3-7-12-27)36-30(26)24-9-4-2-5-10-24/h2-7,9-16,18,20-23H,8,17,19H2,1H3,(H,34,40)(H,35,39)/b29-21-. The summed E-state index contributed by atoms with van der Waals surface area (Å²) in [7, 11) is 1.56. The predicted molar refractivity (Wildman–Crippen MR) is 157 cm³/mol. The molecule has 3 aromatic carbocycles. The molecule has 5 rings (SSSR count). The van der Waals surface area contributed by atoms with Crippen LogP contribution >= 0.6 is 0 Å². The molecular weight excluding hydrogens is 516 g/mol. The van der Waals surface area contributed by atoms with Crippen LogP contribution in [-0.4, -0.2) is 44.8 Å². The van der Waals surface area contributed by atoms with E-state index in [4.69, 9.17) is 9.84 Å². The monoisotopic (exact) mass is 546 g/mol. The summed E-state index contributed by atoms with van der Waals surface area (Å²) in [6, 6.07) is 26.1. The number of benzene rings is 3. The van der Waals surface area contributed by atoms with Gasteiger partial charge in [-0.15, -0.1) is 0 Å². The molecule has 0 fully saturated rings. The molecule has 206 valence electrons. The quantitative estimate of drug-likeness (QED) is 0.184. The van der Waals surface area contributed by atoms with Crippen molar-refractivity contribution in [3.63, 3.8) is 0 Å². The Hall–Kier alpha value is -5.44. The fraction of sp³-hybridized carbons (Fsp3) is 0.125. The van der Waals surface area contributed by atoms with Gasteiger partial charge in [0.2, 0.25) is 0 Å². The number of methoxy groups -OCH3 is 1. The Morgan fingerprint density at radius 1 is 0.951 bits per heavy atom. The van der Waals surface area contributed by atoms with Crippen LogP contribution in [0.5, 0.6) is 5.75 Å². The number of aromatic nitrogens is 4. The average molecular weight is 547 g/mol. The fourth-order valence-electron chi connectivity index (χ4n) is 4.25. The number of amides is 2. The Balaban J connectivity index is 1.46. The Bertz CT molecular complexity index is 1610. The third-order valence-corrected chi connectivity index (χ3v) is 6.39. The highest BCUT2D eigenvalue weighted by Crippen LogP contribution is 2.25. The lowest BCUT2D eigenvalue weighted by atomic mass is 10.1. The van der Waals surface area contributed by atoms with Gasteiger partial charge in [0.1, 0.15) is 17.1 Å². The van der Waals surface area contributed by atoms with Gasteiger partial charge in [-0.2, -0.15) is 5.10 Å². The number of hydrogen-bond acceptors (Lipinski definition) is 5. The Kier molecular flexibility index (Phi) is 8.66. The molecule has 2 amide bonds. The van der Waals surface area contributed by atoms with Crippen molar-refractivity contribution in [1.29, 1.82) is 0 Å². The number of nitrogens with zero attached hydrogens (tertiary/aromatic N) is 4. The van der Waals surface area contributed by atoms with Crippen LogP contribution in [0.4, 0.5) is 0 Å². The summed E-state index contributed by atoms with van der Waals surface area (Å²) >= 11 is 0. The summed E-state index contributed by atoms with van der Waals surface area (Å²) in [5.41, 5.74) is 3.62. The number of nitrogens with one attached hydrogen (secondary N) is 2. The molecule has 9 heteroatoms. The third kappa shape index (κ3) is 6.96. The van der Waals surface area contributed by atoms with Crippen molar-refractivity contribution in [2.45, 2.75) is 13.0 Å². The zero-order valence-corrected chi connectivity index (χ0v) is 22.6. The molecule has 0 spiro atoms. The maximum atomic E-state index is 13.4. The summed E-state index contributed by atoms with van der Waals surface area (Å²) in [5.74, 6) is -0.179. The maximum Gasteiger partial charge on any atom is 0.267 e. The van der Waals surface area contributed by atoms with Crippen LogP contribution in [0.2, 0.25) is 0 Å². The zero-order valence-electron chi connectivity index (χ0n) is 22.6. The van der Waals surface area contributed by atoms with Gasteiger partial charge in [0.15, 0.2) is 0 Å². The van der Waals surface area contributed by atoms with Crippen molar-refractivity contribution in [2.75, 3.05) is 13.7 Å². The van der Waals surface area contributed by atoms with Crippen LogP contribution in [-0.2, 0) is 11.3 Å². The van der Waals surface area contributed by atoms with Crippen LogP contribution < -0.4 is 15.4 Å². The SMILES string of the molecule is COc1ccc(C(=O)N/C(=C\c2cn(-c3ccccc3)nc2-c2ccccc2)C(=O)NCCCn2ccnc2)cc1. The van der Waals surface area contributed by atoms with E-state index in [0.717, 1.165) is 11.3 Å². The molecule has 2 N–H and O–H groups in total. The van der Waals surface area contributed by atoms with Gasteiger partial charge in [-0.1, -0.05) is 48.5 Å². The highest BCUT2D eigenvalue weighted by Gasteiger charge is 2.18. The molecule has 0 radical (unpaired) electrons. The maximum absolute atomic E-state index is 13.4. The highest BCUT2D eigenvalue weighted by atomic mass is 16.5. The molecular formula is C32H30N6O3. The van der Waals surface area contributed by atoms with Crippen molar-refractivity contribution in [2.24, 2.45) is 0 Å². The number of carbonyl (C=O) groups is 2. The second-order valence-electron chi connectivity index (χ2n) is 9.23. The summed E-state index contributed by atoms with van der Waals surface area (Å²) in [4.78, 5) is 30.7. The average Bonchev–Trinajstić information content (AvgIpc) is 3.70. The van der Waals surface area contributed by atoms with E-state index in [2.05, 4.69) is 15.6 Å². The van der Waals surface area contributed by atoms with Crippen molar-refractivity contribution >= 4 is 17.9 Å². The lowest BCUT2D eigenvalue weighted by Gasteiger charge is -2.12. The Morgan fingerprint density at radius 3 is 2.37 bits per heavy atom. The van der Waals surface area contributed by atoms with Crippen LogP contribution in [0, 0.1) is 0 Å². The van der Waals surface area contributed by atoms with Gasteiger partial charge in [0.05, 0.1) is 19.1 Å². The summed E-state index contributed by atoms with van der Waals surface area (Å²) in [6.07, 6.45) is 9.54. The molecule has 0 saturated carbocycles. The molecule has 0 aliphatic rings. The van der Waals surface area contributed by atoms with Crippen molar-refractivity contribution < 1.29 is 14.3 Å². The molecule has 0 atom stereocenters. The second-order valence-corrected chi connectivity index (χ2v) is 9.23. The first kappa shape index (κ1) is 27.1. The third-order valence-electron chi connectivity index (χ3n) is 6.39. The minimum atomic E-state index is -0.413. The number of ether oxygens (including phenoxy) is 1. The molecule has 5 aromatic rings. The zero-order chi connectivity index (χ0) is 28.4. The molecule has 0 unspecified atom stereocenters. The van der Waals surface area contributed by atoms with E-state index < -0.39 is 11.8 Å². The van der Waals surface area contributed by atoms with Crippen molar-refractivity contribution in [3.05, 3.63) is 127 Å². The largest absolute Gasteiger partial charge is 0.497 e. The minimum Gasteiger partial charge on any atom is -0.497 e. The molecule has 41 heavy (non-hydrogen) atoms. The van der Waals surface area contributed by atoms with Gasteiger partial charge in [-0.25, -0.2) is 9.67 Å². The molecule has 2 heterocycles. The molecule has 0 saturated heterocycles. The summed E-state index contributed by atoms with van der Waals surface area (Å²) < 4.78 is 8.91. The smallest absolute Gasteiger partial charge is 0.267 e. The Labute approximate surface area is 238 Å². The lowest BCUT2D eigenvalue weighted by molar-refractivity contribution is -0.117. The molecule has 0 bridgehead atoms. The molecule has 0 aliphatic heterocycles. The van der Waals surface area contributed by atoms with Gasteiger partial charge in [0, 0.05) is 48.4 Å². The van der Waals surface area contributed by atoms with E-state index >= 15 is 0 Å². The first-order valence-electron chi connectivity index (χ1n) is 13.2. The van der Waals surface area contributed by atoms with Crippen LogP contribution in [0.3, 0.4) is 0 Å². The van der Waals surface area contributed by atoms with E-state index in [1.165, 1.54) is 0 Å². The van der Waals surface area contributed by atoms with E-state index in [1.807, 2.05) is 77.6 Å².